The highest BCUT2D eigenvalue weighted by Gasteiger charge is 2.29. The summed E-state index contributed by atoms with van der Waals surface area (Å²) in [7, 11) is 0. The number of hydrogen-bond donors (Lipinski definition) is 0. The number of rotatable bonds is 4. The Balaban J connectivity index is 1.81. The molecule has 0 saturated heterocycles. The van der Waals surface area contributed by atoms with Crippen LogP contribution in [0.15, 0.2) is 28.8 Å². The molecule has 0 atom stereocenters. The maximum absolute atomic E-state index is 12.5. The quantitative estimate of drug-likeness (QED) is 0.837. The summed E-state index contributed by atoms with van der Waals surface area (Å²) in [5.41, 5.74) is 2.96. The van der Waals surface area contributed by atoms with E-state index in [9.17, 15) is 4.79 Å². The number of carbonyl (C=O) groups excluding carboxylic acids is 1. The molecule has 1 aliphatic heterocycles. The van der Waals surface area contributed by atoms with Gasteiger partial charge in [-0.1, -0.05) is 30.6 Å². The third-order valence-corrected chi connectivity index (χ3v) is 4.85. The summed E-state index contributed by atoms with van der Waals surface area (Å²) in [4.78, 5) is 14.4. The second-order valence-electron chi connectivity index (χ2n) is 5.97. The predicted octanol–water partition coefficient (Wildman–Crippen LogP) is 4.32. The number of fused-ring (bicyclic) bond motifs is 1. The largest absolute Gasteiger partial charge is 0.356 e. The average molecular weight is 333 g/mol. The molecule has 122 valence electrons. The fourth-order valence-electron chi connectivity index (χ4n) is 3.14. The molecule has 0 fully saturated rings. The monoisotopic (exact) mass is 332 g/mol. The van der Waals surface area contributed by atoms with Crippen molar-refractivity contribution in [1.29, 1.82) is 0 Å². The van der Waals surface area contributed by atoms with Crippen LogP contribution in [0, 0.1) is 5.92 Å². The Kier molecular flexibility index (Phi) is 4.71. The van der Waals surface area contributed by atoms with Crippen LogP contribution >= 0.6 is 11.6 Å². The fourth-order valence-corrected chi connectivity index (χ4v) is 3.27. The first-order valence-corrected chi connectivity index (χ1v) is 8.54. The van der Waals surface area contributed by atoms with Gasteiger partial charge in [-0.25, -0.2) is 0 Å². The van der Waals surface area contributed by atoms with Crippen LogP contribution in [-0.2, 0) is 17.8 Å². The van der Waals surface area contributed by atoms with E-state index < -0.39 is 0 Å². The molecule has 4 nitrogen and oxygen atoms in total. The molecular formula is C18H21ClN2O2. The second-order valence-corrected chi connectivity index (χ2v) is 6.40. The van der Waals surface area contributed by atoms with Crippen LogP contribution in [0.3, 0.4) is 0 Å². The Labute approximate surface area is 141 Å². The van der Waals surface area contributed by atoms with Gasteiger partial charge in [-0.15, -0.1) is 0 Å². The summed E-state index contributed by atoms with van der Waals surface area (Å²) in [5, 5.41) is 4.90. The van der Waals surface area contributed by atoms with Crippen molar-refractivity contribution in [3.63, 3.8) is 0 Å². The number of carbonyl (C=O) groups is 1. The predicted molar refractivity (Wildman–Crippen MR) is 90.1 cm³/mol. The lowest BCUT2D eigenvalue weighted by Crippen LogP contribution is -2.39. The Morgan fingerprint density at radius 1 is 1.30 bits per heavy atom. The Bertz CT molecular complexity index is 690. The van der Waals surface area contributed by atoms with Crippen LogP contribution in [0.4, 0.5) is 0 Å². The molecule has 5 heteroatoms. The van der Waals surface area contributed by atoms with Crippen molar-refractivity contribution in [3.05, 3.63) is 40.5 Å². The molecule has 0 bridgehead atoms. The topological polar surface area (TPSA) is 46.3 Å². The van der Waals surface area contributed by atoms with E-state index in [0.717, 1.165) is 48.4 Å². The van der Waals surface area contributed by atoms with E-state index in [2.05, 4.69) is 19.0 Å². The standard InChI is InChI=1S/C18H21ClN2O2/c1-3-12(4-2)18(22)21-10-9-15-16(11-21)20-23-17(15)13-5-7-14(19)8-6-13/h5-8,12H,3-4,9-11H2,1-2H3. The molecule has 3 rings (SSSR count). The van der Waals surface area contributed by atoms with E-state index in [1.807, 2.05) is 29.2 Å². The van der Waals surface area contributed by atoms with Crippen LogP contribution in [0.1, 0.15) is 37.9 Å². The molecular weight excluding hydrogens is 312 g/mol. The molecule has 0 spiro atoms. The molecule has 0 aliphatic carbocycles. The number of hydrogen-bond acceptors (Lipinski definition) is 3. The molecule has 2 heterocycles. The van der Waals surface area contributed by atoms with Crippen LogP contribution in [0.2, 0.25) is 5.02 Å². The minimum atomic E-state index is 0.110. The summed E-state index contributed by atoms with van der Waals surface area (Å²) in [6.45, 7) is 5.40. The van der Waals surface area contributed by atoms with E-state index >= 15 is 0 Å². The normalized spacial score (nSPS) is 14.2. The first kappa shape index (κ1) is 16.1. The number of nitrogens with zero attached hydrogens (tertiary/aromatic N) is 2. The van der Waals surface area contributed by atoms with Crippen LogP contribution in [-0.4, -0.2) is 22.5 Å². The number of benzene rings is 1. The van der Waals surface area contributed by atoms with Crippen molar-refractivity contribution in [2.75, 3.05) is 6.54 Å². The Morgan fingerprint density at radius 3 is 2.65 bits per heavy atom. The number of amides is 1. The highest BCUT2D eigenvalue weighted by molar-refractivity contribution is 6.30. The third kappa shape index (κ3) is 3.13. The smallest absolute Gasteiger partial charge is 0.226 e. The molecule has 0 saturated carbocycles. The van der Waals surface area contributed by atoms with Gasteiger partial charge in [0.05, 0.1) is 6.54 Å². The van der Waals surface area contributed by atoms with Crippen LogP contribution < -0.4 is 0 Å². The van der Waals surface area contributed by atoms with Crippen LogP contribution in [0.25, 0.3) is 11.3 Å². The van der Waals surface area contributed by atoms with Gasteiger partial charge in [0.1, 0.15) is 5.69 Å². The summed E-state index contributed by atoms with van der Waals surface area (Å²) < 4.78 is 5.55. The maximum Gasteiger partial charge on any atom is 0.226 e. The van der Waals surface area contributed by atoms with Gasteiger partial charge in [0.2, 0.25) is 5.91 Å². The summed E-state index contributed by atoms with van der Waals surface area (Å²) in [6, 6.07) is 7.56. The first-order valence-electron chi connectivity index (χ1n) is 8.16. The molecule has 2 aromatic rings. The van der Waals surface area contributed by atoms with E-state index in [1.54, 1.807) is 0 Å². The molecule has 1 amide bonds. The average Bonchev–Trinajstić information content (AvgIpc) is 2.99. The van der Waals surface area contributed by atoms with Gasteiger partial charge in [-0.3, -0.25) is 4.79 Å². The molecule has 1 aromatic carbocycles. The Hall–Kier alpha value is -1.81. The number of halogens is 1. The lowest BCUT2D eigenvalue weighted by atomic mass is 9.97. The van der Waals surface area contributed by atoms with Crippen molar-refractivity contribution in [2.24, 2.45) is 5.92 Å². The summed E-state index contributed by atoms with van der Waals surface area (Å²) in [5.74, 6) is 1.14. The fraction of sp³-hybridized carbons (Fsp3) is 0.444. The molecule has 0 radical (unpaired) electrons. The van der Waals surface area contributed by atoms with Gasteiger partial charge in [0.25, 0.3) is 0 Å². The molecule has 0 N–H and O–H groups in total. The second kappa shape index (κ2) is 6.75. The summed E-state index contributed by atoms with van der Waals surface area (Å²) in [6.07, 6.45) is 2.55. The lowest BCUT2D eigenvalue weighted by molar-refractivity contribution is -0.136. The van der Waals surface area contributed by atoms with Gasteiger partial charge >= 0.3 is 0 Å². The highest BCUT2D eigenvalue weighted by Crippen LogP contribution is 2.31. The van der Waals surface area contributed by atoms with E-state index in [4.69, 9.17) is 16.1 Å². The molecule has 0 unspecified atom stereocenters. The zero-order valence-corrected chi connectivity index (χ0v) is 14.3. The van der Waals surface area contributed by atoms with Crippen molar-refractivity contribution in [1.82, 2.24) is 10.1 Å². The first-order chi connectivity index (χ1) is 11.1. The van der Waals surface area contributed by atoms with Crippen molar-refractivity contribution >= 4 is 17.5 Å². The van der Waals surface area contributed by atoms with Gasteiger partial charge in [0.15, 0.2) is 5.76 Å². The summed E-state index contributed by atoms with van der Waals surface area (Å²) >= 11 is 5.94. The lowest BCUT2D eigenvalue weighted by Gasteiger charge is -2.29. The SMILES string of the molecule is CCC(CC)C(=O)N1CCc2c(noc2-c2ccc(Cl)cc2)C1. The minimum absolute atomic E-state index is 0.110. The third-order valence-electron chi connectivity index (χ3n) is 4.59. The van der Waals surface area contributed by atoms with Gasteiger partial charge in [0, 0.05) is 28.6 Å². The van der Waals surface area contributed by atoms with Crippen LogP contribution in [0.5, 0.6) is 0 Å². The van der Waals surface area contributed by atoms with Gasteiger partial charge in [-0.2, -0.15) is 0 Å². The highest BCUT2D eigenvalue weighted by atomic mass is 35.5. The van der Waals surface area contributed by atoms with E-state index in [1.165, 1.54) is 0 Å². The number of aromatic nitrogens is 1. The van der Waals surface area contributed by atoms with E-state index in [0.29, 0.717) is 11.6 Å². The molecule has 23 heavy (non-hydrogen) atoms. The van der Waals surface area contributed by atoms with E-state index in [-0.39, 0.29) is 11.8 Å². The van der Waals surface area contributed by atoms with Crippen molar-refractivity contribution in [2.45, 2.75) is 39.7 Å². The van der Waals surface area contributed by atoms with Gasteiger partial charge < -0.3 is 9.42 Å². The Morgan fingerprint density at radius 2 is 2.00 bits per heavy atom. The van der Waals surface area contributed by atoms with Crippen molar-refractivity contribution < 1.29 is 9.32 Å². The minimum Gasteiger partial charge on any atom is -0.356 e. The molecule has 1 aromatic heterocycles. The zero-order valence-electron chi connectivity index (χ0n) is 13.5. The molecule has 1 aliphatic rings. The van der Waals surface area contributed by atoms with Gasteiger partial charge in [-0.05, 0) is 43.5 Å². The zero-order chi connectivity index (χ0) is 16.4. The maximum atomic E-state index is 12.5. The van der Waals surface area contributed by atoms with Crippen molar-refractivity contribution in [3.8, 4) is 11.3 Å².